The molecule has 0 spiro atoms. The molecule has 2 aromatic rings. The second-order valence-electron chi connectivity index (χ2n) is 9.16. The van der Waals surface area contributed by atoms with E-state index in [-0.39, 0.29) is 12.0 Å². The van der Waals surface area contributed by atoms with Crippen molar-refractivity contribution in [1.29, 1.82) is 0 Å². The van der Waals surface area contributed by atoms with E-state index in [0.717, 1.165) is 18.7 Å². The van der Waals surface area contributed by atoms with Crippen molar-refractivity contribution >= 4 is 19.5 Å². The van der Waals surface area contributed by atoms with Crippen LogP contribution in [0.15, 0.2) is 24.4 Å². The summed E-state index contributed by atoms with van der Waals surface area (Å²) in [5.74, 6) is -1.63. The van der Waals surface area contributed by atoms with Crippen LogP contribution >= 0.6 is 7.82 Å². The normalized spacial score (nSPS) is 12.6. The van der Waals surface area contributed by atoms with Gasteiger partial charge in [-0.1, -0.05) is 39.0 Å². The molecule has 0 fully saturated rings. The largest absolute Gasteiger partial charge is 0.525 e. The molecule has 0 bridgehead atoms. The Balaban J connectivity index is 2.02. The van der Waals surface area contributed by atoms with Crippen molar-refractivity contribution in [3.05, 3.63) is 45.8 Å². The molecule has 1 aromatic heterocycles. The van der Waals surface area contributed by atoms with Crippen LogP contribution in [0.3, 0.4) is 0 Å². The average molecular weight is 574 g/mol. The first kappa shape index (κ1) is 32.3. The first-order valence-electron chi connectivity index (χ1n) is 12.4. The lowest BCUT2D eigenvalue weighted by Gasteiger charge is -2.19. The highest BCUT2D eigenvalue weighted by Crippen LogP contribution is 2.42. The minimum absolute atomic E-state index is 0.0490. The lowest BCUT2D eigenvalue weighted by Crippen LogP contribution is -2.27. The van der Waals surface area contributed by atoms with Gasteiger partial charge < -0.3 is 24.1 Å². The van der Waals surface area contributed by atoms with Crippen molar-refractivity contribution in [2.45, 2.75) is 52.8 Å². The topological polar surface area (TPSA) is 197 Å². The van der Waals surface area contributed by atoms with Crippen molar-refractivity contribution in [1.82, 2.24) is 20.3 Å². The molecular formula is C23H36N5O10P. The monoisotopic (exact) mass is 573 g/mol. The van der Waals surface area contributed by atoms with Crippen LogP contribution in [-0.4, -0.2) is 74.7 Å². The lowest BCUT2D eigenvalue weighted by molar-refractivity contribution is -0.385. The average Bonchev–Trinajstić information content (AvgIpc) is 3.28. The Kier molecular flexibility index (Phi) is 12.9. The van der Waals surface area contributed by atoms with E-state index >= 15 is 0 Å². The number of nitrogens with one attached hydrogen (secondary N) is 1. The van der Waals surface area contributed by atoms with Gasteiger partial charge in [-0.25, -0.2) is 9.25 Å². The molecule has 1 aromatic carbocycles. The Bertz CT molecular complexity index is 1120. The number of ether oxygens (including phenoxy) is 3. The zero-order valence-corrected chi connectivity index (χ0v) is 23.3. The van der Waals surface area contributed by atoms with Crippen molar-refractivity contribution in [2.24, 2.45) is 5.92 Å². The maximum Gasteiger partial charge on any atom is 0.525 e. The molecule has 16 heteroatoms. The molecule has 3 N–H and O–H groups in total. The van der Waals surface area contributed by atoms with Crippen LogP contribution in [0.25, 0.3) is 0 Å². The van der Waals surface area contributed by atoms with Gasteiger partial charge in [-0.3, -0.25) is 24.7 Å². The zero-order valence-electron chi connectivity index (χ0n) is 22.4. The van der Waals surface area contributed by atoms with Crippen LogP contribution in [0.1, 0.15) is 45.1 Å². The molecule has 1 heterocycles. The molecule has 0 amide bonds. The fourth-order valence-electron chi connectivity index (χ4n) is 3.22. The van der Waals surface area contributed by atoms with Crippen LogP contribution in [0.4, 0.5) is 5.69 Å². The smallest absolute Gasteiger partial charge is 0.457 e. The highest BCUT2D eigenvalue weighted by Gasteiger charge is 2.28. The third-order valence-electron chi connectivity index (χ3n) is 5.11. The summed E-state index contributed by atoms with van der Waals surface area (Å²) in [5, 5.41) is 22.9. The quantitative estimate of drug-likeness (QED) is 0.0772. The van der Waals surface area contributed by atoms with Gasteiger partial charge in [0.05, 0.1) is 49.5 Å². The van der Waals surface area contributed by atoms with Crippen molar-refractivity contribution in [3.63, 3.8) is 0 Å². The van der Waals surface area contributed by atoms with Crippen molar-refractivity contribution in [2.75, 3.05) is 33.0 Å². The number of carbonyl (C=O) groups is 1. The van der Waals surface area contributed by atoms with Crippen LogP contribution in [0.5, 0.6) is 5.75 Å². The molecule has 15 nitrogen and oxygen atoms in total. The fraction of sp³-hybridized carbons (Fsp3) is 0.609. The summed E-state index contributed by atoms with van der Waals surface area (Å²) in [4.78, 5) is 41.1. The number of benzene rings is 1. The number of phosphoric ester groups is 1. The number of aromatic nitrogens is 3. The molecule has 218 valence electrons. The molecule has 1 unspecified atom stereocenters. The fourth-order valence-corrected chi connectivity index (χ4v) is 3.63. The number of nitro benzene ring substituents is 1. The number of rotatable bonds is 18. The summed E-state index contributed by atoms with van der Waals surface area (Å²) >= 11 is 0. The molecule has 0 aliphatic rings. The molecule has 39 heavy (non-hydrogen) atoms. The molecular weight excluding hydrogens is 537 g/mol. The first-order valence-corrected chi connectivity index (χ1v) is 13.9. The molecule has 0 saturated heterocycles. The number of phosphoric acid groups is 1. The Morgan fingerprint density at radius 3 is 2.46 bits per heavy atom. The molecule has 2 rings (SSSR count). The number of nitrogens with zero attached hydrogens (tertiary/aromatic N) is 4. The maximum absolute atomic E-state index is 12.4. The van der Waals surface area contributed by atoms with Crippen molar-refractivity contribution in [3.8, 4) is 5.75 Å². The van der Waals surface area contributed by atoms with E-state index in [1.165, 1.54) is 6.07 Å². The summed E-state index contributed by atoms with van der Waals surface area (Å²) in [6, 6.07) is 3.82. The third kappa shape index (κ3) is 12.2. The highest BCUT2D eigenvalue weighted by atomic mass is 31.2. The summed E-state index contributed by atoms with van der Waals surface area (Å²) in [6.07, 6.45) is 0.715. The van der Waals surface area contributed by atoms with Crippen LogP contribution in [-0.2, 0) is 36.5 Å². The van der Waals surface area contributed by atoms with Gasteiger partial charge in [0.15, 0.2) is 0 Å². The van der Waals surface area contributed by atoms with Gasteiger partial charge in [-0.05, 0) is 11.6 Å². The summed E-state index contributed by atoms with van der Waals surface area (Å²) in [5.41, 5.74) is -0.0200. The van der Waals surface area contributed by atoms with Gasteiger partial charge in [-0.15, -0.1) is 5.10 Å². The summed E-state index contributed by atoms with van der Waals surface area (Å²) < 4.78 is 33.8. The van der Waals surface area contributed by atoms with E-state index in [1.807, 2.05) is 0 Å². The van der Waals surface area contributed by atoms with E-state index < -0.39 is 42.2 Å². The highest BCUT2D eigenvalue weighted by molar-refractivity contribution is 7.46. The maximum atomic E-state index is 12.4. The van der Waals surface area contributed by atoms with E-state index in [2.05, 4.69) is 34.0 Å². The summed E-state index contributed by atoms with van der Waals surface area (Å²) in [7, 11) is -5.04. The number of esters is 1. The molecule has 0 radical (unpaired) electrons. The standard InChI is InChI=1S/C23H36N5O10P/c1-16(2)23(29)37-22(18-5-6-21(38-39(32,33)34)20(13-18)28(30)31)14-19-15-27(26-25-19)8-10-36-12-11-35-9-7-24-17(3)4/h5-6,13,15-17,22,24H,7-12,14H2,1-4H3,(H2,32,33,34). The van der Waals surface area contributed by atoms with Crippen molar-refractivity contribution < 1.29 is 42.8 Å². The summed E-state index contributed by atoms with van der Waals surface area (Å²) in [6.45, 7) is 10.5. The number of nitro groups is 1. The first-order chi connectivity index (χ1) is 18.4. The molecule has 1 atom stereocenters. The lowest BCUT2D eigenvalue weighted by atomic mass is 10.0. The number of hydrogen-bond donors (Lipinski definition) is 3. The minimum atomic E-state index is -5.04. The van der Waals surface area contributed by atoms with E-state index in [4.69, 9.17) is 24.0 Å². The molecule has 0 aliphatic carbocycles. The van der Waals surface area contributed by atoms with Gasteiger partial charge in [0.2, 0.25) is 5.75 Å². The predicted molar refractivity (Wildman–Crippen MR) is 138 cm³/mol. The van der Waals surface area contributed by atoms with Crippen LogP contribution in [0.2, 0.25) is 0 Å². The van der Waals surface area contributed by atoms with Gasteiger partial charge in [-0.2, -0.15) is 0 Å². The number of hydrogen-bond acceptors (Lipinski definition) is 11. The Labute approximate surface area is 226 Å². The van der Waals surface area contributed by atoms with E-state index in [9.17, 15) is 19.5 Å². The third-order valence-corrected chi connectivity index (χ3v) is 5.55. The zero-order chi connectivity index (χ0) is 29.0. The van der Waals surface area contributed by atoms with Gasteiger partial charge in [0.1, 0.15) is 6.10 Å². The minimum Gasteiger partial charge on any atom is -0.457 e. The predicted octanol–water partition coefficient (Wildman–Crippen LogP) is 2.17. The Morgan fingerprint density at radius 2 is 1.85 bits per heavy atom. The Morgan fingerprint density at radius 1 is 1.15 bits per heavy atom. The van der Waals surface area contributed by atoms with E-state index in [0.29, 0.717) is 44.7 Å². The number of carbonyl (C=O) groups excluding carboxylic acids is 1. The van der Waals surface area contributed by atoms with Gasteiger partial charge in [0.25, 0.3) is 0 Å². The second-order valence-corrected chi connectivity index (χ2v) is 10.3. The SMILES string of the molecule is CC(C)NCCOCCOCCn1cc(CC(OC(=O)C(C)C)c2ccc(OP(=O)(O)O)c([N+](=O)[O-])c2)nn1. The molecule has 0 aliphatic heterocycles. The van der Waals surface area contributed by atoms with Crippen LogP contribution in [0, 0.1) is 16.0 Å². The molecule has 0 saturated carbocycles. The van der Waals surface area contributed by atoms with Gasteiger partial charge >= 0.3 is 19.5 Å². The second kappa shape index (κ2) is 15.6. The van der Waals surface area contributed by atoms with Crippen LogP contribution < -0.4 is 9.84 Å². The van der Waals surface area contributed by atoms with E-state index in [1.54, 1.807) is 24.7 Å². The Hall–Kier alpha value is -2.94. The van der Waals surface area contributed by atoms with Gasteiger partial charge in [0, 0.05) is 31.3 Å².